The highest BCUT2D eigenvalue weighted by atomic mass is 16.3. The second-order valence-electron chi connectivity index (χ2n) is 4.97. The van der Waals surface area contributed by atoms with Gasteiger partial charge in [0, 0.05) is 22.7 Å². The van der Waals surface area contributed by atoms with Gasteiger partial charge in [-0.3, -0.25) is 0 Å². The number of benzene rings is 2. The number of aromatic nitrogens is 1. The number of nitrogens with zero attached hydrogens (tertiary/aromatic N) is 1. The van der Waals surface area contributed by atoms with Crippen molar-refractivity contribution in [1.29, 1.82) is 0 Å². The minimum Gasteiger partial charge on any atom is -0.508 e. The lowest BCUT2D eigenvalue weighted by molar-refractivity contribution is 0.466. The summed E-state index contributed by atoms with van der Waals surface area (Å²) in [5, 5.41) is 11.2. The Morgan fingerprint density at radius 2 is 1.70 bits per heavy atom. The Morgan fingerprint density at radius 1 is 0.950 bits per heavy atom. The van der Waals surface area contributed by atoms with E-state index in [0.29, 0.717) is 18.8 Å². The van der Waals surface area contributed by atoms with E-state index >= 15 is 0 Å². The van der Waals surface area contributed by atoms with Gasteiger partial charge in [-0.15, -0.1) is 0 Å². The van der Waals surface area contributed by atoms with Gasteiger partial charge in [-0.25, -0.2) is 0 Å². The fourth-order valence-electron chi connectivity index (χ4n) is 2.64. The summed E-state index contributed by atoms with van der Waals surface area (Å²) in [6.45, 7) is 1.31. The highest BCUT2D eigenvalue weighted by molar-refractivity contribution is 5.84. The monoisotopic (exact) mass is 266 g/mol. The lowest BCUT2D eigenvalue weighted by Crippen LogP contribution is -2.02. The first-order valence-electron chi connectivity index (χ1n) is 6.83. The third-order valence-electron chi connectivity index (χ3n) is 3.62. The Bertz CT molecular complexity index is 731. The first-order valence-corrected chi connectivity index (χ1v) is 6.83. The highest BCUT2D eigenvalue weighted by Gasteiger charge is 2.09. The van der Waals surface area contributed by atoms with Gasteiger partial charge < -0.3 is 15.4 Å². The zero-order valence-corrected chi connectivity index (χ0v) is 11.3. The molecule has 0 saturated carbocycles. The molecule has 0 fully saturated rings. The second-order valence-corrected chi connectivity index (χ2v) is 4.97. The van der Waals surface area contributed by atoms with Crippen LogP contribution in [0.1, 0.15) is 11.1 Å². The van der Waals surface area contributed by atoms with Crippen molar-refractivity contribution in [1.82, 2.24) is 4.57 Å². The molecule has 0 saturated heterocycles. The molecule has 1 aromatic heterocycles. The fraction of sp³-hybridized carbons (Fsp3) is 0.176. The standard InChI is InChI=1S/C17H18N2O/c18-10-9-13-11-19(16-7-3-2-6-15(13)16)12-14-5-1-4-8-17(14)20/h1-8,11,20H,9-10,12,18H2. The summed E-state index contributed by atoms with van der Waals surface area (Å²) in [6.07, 6.45) is 3.01. The second kappa shape index (κ2) is 5.39. The van der Waals surface area contributed by atoms with Crippen molar-refractivity contribution in [2.45, 2.75) is 13.0 Å². The number of nitrogens with two attached hydrogens (primary N) is 1. The molecule has 3 nitrogen and oxygen atoms in total. The highest BCUT2D eigenvalue weighted by Crippen LogP contribution is 2.24. The summed E-state index contributed by atoms with van der Waals surface area (Å²) in [5.41, 5.74) is 9.05. The van der Waals surface area contributed by atoms with Crippen LogP contribution in [0, 0.1) is 0 Å². The average molecular weight is 266 g/mol. The fourth-order valence-corrected chi connectivity index (χ4v) is 2.64. The van der Waals surface area contributed by atoms with E-state index < -0.39 is 0 Å². The van der Waals surface area contributed by atoms with Crippen LogP contribution in [0.5, 0.6) is 5.75 Å². The molecule has 3 N–H and O–H groups in total. The van der Waals surface area contributed by atoms with E-state index in [-0.39, 0.29) is 0 Å². The van der Waals surface area contributed by atoms with Gasteiger partial charge >= 0.3 is 0 Å². The van der Waals surface area contributed by atoms with Gasteiger partial charge in [-0.1, -0.05) is 36.4 Å². The maximum atomic E-state index is 9.92. The summed E-state index contributed by atoms with van der Waals surface area (Å²) in [6, 6.07) is 15.8. The minimum atomic E-state index is 0.339. The molecule has 0 aliphatic heterocycles. The third kappa shape index (κ3) is 2.28. The van der Waals surface area contributed by atoms with E-state index in [1.165, 1.54) is 16.5 Å². The van der Waals surface area contributed by atoms with Crippen molar-refractivity contribution >= 4 is 10.9 Å². The molecular formula is C17H18N2O. The predicted molar refractivity (Wildman–Crippen MR) is 81.9 cm³/mol. The van der Waals surface area contributed by atoms with E-state index in [9.17, 15) is 5.11 Å². The first-order chi connectivity index (χ1) is 9.79. The number of phenolic OH excluding ortho intramolecular Hbond substituents is 1. The van der Waals surface area contributed by atoms with E-state index in [2.05, 4.69) is 22.9 Å². The molecule has 3 heteroatoms. The zero-order chi connectivity index (χ0) is 13.9. The molecule has 0 atom stereocenters. The lowest BCUT2D eigenvalue weighted by atomic mass is 10.1. The van der Waals surface area contributed by atoms with Crippen LogP contribution >= 0.6 is 0 Å². The van der Waals surface area contributed by atoms with Crippen LogP contribution in [0.25, 0.3) is 10.9 Å². The predicted octanol–water partition coefficient (Wildman–Crippen LogP) is 2.90. The number of rotatable bonds is 4. The molecule has 0 spiro atoms. The maximum absolute atomic E-state index is 9.92. The van der Waals surface area contributed by atoms with Gasteiger partial charge in [0.05, 0.1) is 6.54 Å². The summed E-state index contributed by atoms with van der Waals surface area (Å²) in [4.78, 5) is 0. The van der Waals surface area contributed by atoms with Crippen LogP contribution in [0.3, 0.4) is 0 Å². The van der Waals surface area contributed by atoms with Crippen LogP contribution in [-0.2, 0) is 13.0 Å². The smallest absolute Gasteiger partial charge is 0.120 e. The maximum Gasteiger partial charge on any atom is 0.120 e. The SMILES string of the molecule is NCCc1cn(Cc2ccccc2O)c2ccccc12. The summed E-state index contributed by atoms with van der Waals surface area (Å²) >= 11 is 0. The molecule has 2 aromatic carbocycles. The Kier molecular flexibility index (Phi) is 3.44. The number of hydrogen-bond donors (Lipinski definition) is 2. The number of aromatic hydroxyl groups is 1. The van der Waals surface area contributed by atoms with Crippen LogP contribution in [0.15, 0.2) is 54.7 Å². The number of fused-ring (bicyclic) bond motifs is 1. The van der Waals surface area contributed by atoms with Crippen molar-refractivity contribution in [2.24, 2.45) is 5.73 Å². The first kappa shape index (κ1) is 12.8. The van der Waals surface area contributed by atoms with Crippen molar-refractivity contribution in [3.05, 3.63) is 65.9 Å². The van der Waals surface area contributed by atoms with Gasteiger partial charge in [-0.2, -0.15) is 0 Å². The van der Waals surface area contributed by atoms with E-state index in [0.717, 1.165) is 12.0 Å². The number of phenols is 1. The summed E-state index contributed by atoms with van der Waals surface area (Å²) in [5.74, 6) is 0.339. The lowest BCUT2D eigenvalue weighted by Gasteiger charge is -2.07. The van der Waals surface area contributed by atoms with Crippen LogP contribution in [0.4, 0.5) is 0 Å². The van der Waals surface area contributed by atoms with E-state index in [1.807, 2.05) is 30.3 Å². The van der Waals surface area contributed by atoms with Gasteiger partial charge in [0.2, 0.25) is 0 Å². The summed E-state index contributed by atoms with van der Waals surface area (Å²) in [7, 11) is 0. The van der Waals surface area contributed by atoms with Gasteiger partial charge in [0.15, 0.2) is 0 Å². The Hall–Kier alpha value is -2.26. The molecule has 0 aliphatic carbocycles. The molecule has 1 heterocycles. The average Bonchev–Trinajstić information content (AvgIpc) is 2.81. The molecule has 0 bridgehead atoms. The largest absolute Gasteiger partial charge is 0.508 e. The van der Waals surface area contributed by atoms with Crippen LogP contribution in [-0.4, -0.2) is 16.2 Å². The minimum absolute atomic E-state index is 0.339. The van der Waals surface area contributed by atoms with Gasteiger partial charge in [0.25, 0.3) is 0 Å². The quantitative estimate of drug-likeness (QED) is 0.763. The van der Waals surface area contributed by atoms with Crippen molar-refractivity contribution in [3.63, 3.8) is 0 Å². The van der Waals surface area contributed by atoms with E-state index in [4.69, 9.17) is 5.73 Å². The van der Waals surface area contributed by atoms with Crippen molar-refractivity contribution < 1.29 is 5.11 Å². The molecule has 3 rings (SSSR count). The number of para-hydroxylation sites is 2. The normalized spacial score (nSPS) is 11.1. The van der Waals surface area contributed by atoms with Crippen molar-refractivity contribution in [3.8, 4) is 5.75 Å². The third-order valence-corrected chi connectivity index (χ3v) is 3.62. The van der Waals surface area contributed by atoms with Gasteiger partial charge in [0.1, 0.15) is 5.75 Å². The molecule has 0 unspecified atom stereocenters. The molecule has 0 radical (unpaired) electrons. The number of hydrogen-bond acceptors (Lipinski definition) is 2. The Labute approximate surface area is 118 Å². The van der Waals surface area contributed by atoms with Crippen LogP contribution < -0.4 is 5.73 Å². The molecule has 20 heavy (non-hydrogen) atoms. The molecule has 0 amide bonds. The van der Waals surface area contributed by atoms with Crippen LogP contribution in [0.2, 0.25) is 0 Å². The Morgan fingerprint density at radius 3 is 2.50 bits per heavy atom. The molecule has 3 aromatic rings. The molecule has 102 valence electrons. The summed E-state index contributed by atoms with van der Waals surface area (Å²) < 4.78 is 2.18. The van der Waals surface area contributed by atoms with E-state index in [1.54, 1.807) is 6.07 Å². The Balaban J connectivity index is 2.05. The molecule has 0 aliphatic rings. The van der Waals surface area contributed by atoms with Crippen molar-refractivity contribution in [2.75, 3.05) is 6.54 Å². The topological polar surface area (TPSA) is 51.2 Å². The molecular weight excluding hydrogens is 248 g/mol. The van der Waals surface area contributed by atoms with Gasteiger partial charge in [-0.05, 0) is 30.7 Å². The zero-order valence-electron chi connectivity index (χ0n) is 11.3.